The SMILES string of the molecule is CCCC[C@H](C)[C@H](O)C=CC1CC(F)(F)C(=O)N1CCCCCCC(=O)OC. The van der Waals surface area contributed by atoms with Crippen LogP contribution in [0, 0.1) is 5.92 Å². The zero-order chi connectivity index (χ0) is 21.2. The summed E-state index contributed by atoms with van der Waals surface area (Å²) in [6, 6.07) is -0.689. The molecule has 5 nitrogen and oxygen atoms in total. The maximum Gasteiger partial charge on any atom is 0.327 e. The highest BCUT2D eigenvalue weighted by Crippen LogP contribution is 2.34. The van der Waals surface area contributed by atoms with E-state index >= 15 is 0 Å². The highest BCUT2D eigenvalue weighted by Gasteiger charge is 2.52. The van der Waals surface area contributed by atoms with Crippen molar-refractivity contribution < 1.29 is 28.2 Å². The summed E-state index contributed by atoms with van der Waals surface area (Å²) in [6.07, 6.45) is 7.95. The van der Waals surface area contributed by atoms with Crippen molar-refractivity contribution in [3.05, 3.63) is 12.2 Å². The molecule has 1 aliphatic rings. The van der Waals surface area contributed by atoms with Gasteiger partial charge in [0.15, 0.2) is 0 Å². The number of alkyl halides is 2. The van der Waals surface area contributed by atoms with Crippen LogP contribution in [-0.2, 0) is 14.3 Å². The number of carbonyl (C=O) groups is 2. The molecule has 0 aromatic heterocycles. The number of amides is 1. The summed E-state index contributed by atoms with van der Waals surface area (Å²) in [5, 5.41) is 10.2. The van der Waals surface area contributed by atoms with Gasteiger partial charge in [-0.15, -0.1) is 0 Å². The second-order valence-corrected chi connectivity index (χ2v) is 7.71. The van der Waals surface area contributed by atoms with Crippen molar-refractivity contribution in [2.45, 2.75) is 89.7 Å². The maximum atomic E-state index is 13.9. The number of methoxy groups -OCH3 is 1. The molecule has 1 heterocycles. The maximum absolute atomic E-state index is 13.9. The van der Waals surface area contributed by atoms with Gasteiger partial charge in [0.2, 0.25) is 0 Å². The Hall–Kier alpha value is -1.50. The molecule has 1 N–H and O–H groups in total. The number of likely N-dealkylation sites (tertiary alicyclic amines) is 1. The molecule has 0 saturated carbocycles. The Kier molecular flexibility index (Phi) is 10.6. The Morgan fingerprint density at radius 1 is 1.32 bits per heavy atom. The largest absolute Gasteiger partial charge is 0.469 e. The first kappa shape index (κ1) is 24.5. The van der Waals surface area contributed by atoms with Crippen LogP contribution in [0.2, 0.25) is 0 Å². The van der Waals surface area contributed by atoms with E-state index in [0.717, 1.165) is 32.1 Å². The molecule has 0 radical (unpaired) electrons. The Morgan fingerprint density at radius 2 is 2.00 bits per heavy atom. The van der Waals surface area contributed by atoms with Gasteiger partial charge in [-0.05, 0) is 25.2 Å². The van der Waals surface area contributed by atoms with E-state index in [9.17, 15) is 23.5 Å². The summed E-state index contributed by atoms with van der Waals surface area (Å²) >= 11 is 0. The first-order chi connectivity index (χ1) is 13.2. The molecule has 1 saturated heterocycles. The van der Waals surface area contributed by atoms with Crippen LogP contribution in [0.5, 0.6) is 0 Å². The van der Waals surface area contributed by atoms with Gasteiger partial charge in [0.1, 0.15) is 0 Å². The van der Waals surface area contributed by atoms with Gasteiger partial charge in [-0.3, -0.25) is 9.59 Å². The van der Waals surface area contributed by atoms with Gasteiger partial charge in [0.05, 0.1) is 19.3 Å². The first-order valence-corrected chi connectivity index (χ1v) is 10.3. The van der Waals surface area contributed by atoms with Crippen LogP contribution in [0.4, 0.5) is 8.78 Å². The smallest absolute Gasteiger partial charge is 0.327 e. The van der Waals surface area contributed by atoms with E-state index in [4.69, 9.17) is 0 Å². The highest BCUT2D eigenvalue weighted by atomic mass is 19.3. The summed E-state index contributed by atoms with van der Waals surface area (Å²) in [4.78, 5) is 24.3. The third-order valence-electron chi connectivity index (χ3n) is 5.32. The minimum Gasteiger partial charge on any atom is -0.469 e. The minimum atomic E-state index is -3.35. The van der Waals surface area contributed by atoms with Crippen molar-refractivity contribution in [3.63, 3.8) is 0 Å². The Labute approximate surface area is 167 Å². The van der Waals surface area contributed by atoms with E-state index in [-0.39, 0.29) is 18.4 Å². The van der Waals surface area contributed by atoms with Gasteiger partial charge < -0.3 is 14.7 Å². The highest BCUT2D eigenvalue weighted by molar-refractivity contribution is 5.86. The van der Waals surface area contributed by atoms with Crippen LogP contribution in [0.1, 0.15) is 71.6 Å². The fourth-order valence-corrected chi connectivity index (χ4v) is 3.40. The van der Waals surface area contributed by atoms with Gasteiger partial charge in [0, 0.05) is 19.4 Å². The minimum absolute atomic E-state index is 0.0528. The van der Waals surface area contributed by atoms with E-state index in [1.54, 1.807) is 12.2 Å². The number of nitrogens with zero attached hydrogens (tertiary/aromatic N) is 1. The van der Waals surface area contributed by atoms with Crippen LogP contribution >= 0.6 is 0 Å². The molecule has 0 bridgehead atoms. The molecular weight excluding hydrogens is 368 g/mol. The Balaban J connectivity index is 2.52. The van der Waals surface area contributed by atoms with E-state index in [2.05, 4.69) is 11.7 Å². The van der Waals surface area contributed by atoms with Crippen molar-refractivity contribution in [2.24, 2.45) is 5.92 Å². The van der Waals surface area contributed by atoms with Crippen molar-refractivity contribution in [3.8, 4) is 0 Å². The van der Waals surface area contributed by atoms with E-state index in [0.29, 0.717) is 19.3 Å². The molecule has 1 amide bonds. The van der Waals surface area contributed by atoms with Crippen molar-refractivity contribution >= 4 is 11.9 Å². The van der Waals surface area contributed by atoms with E-state index < -0.39 is 30.4 Å². The average Bonchev–Trinajstić information content (AvgIpc) is 2.89. The number of ether oxygens (including phenoxy) is 1. The summed E-state index contributed by atoms with van der Waals surface area (Å²) < 4.78 is 32.4. The topological polar surface area (TPSA) is 66.8 Å². The average molecular weight is 404 g/mol. The molecule has 1 rings (SSSR count). The lowest BCUT2D eigenvalue weighted by Gasteiger charge is -2.22. The third-order valence-corrected chi connectivity index (χ3v) is 5.32. The fraction of sp³-hybridized carbons (Fsp3) is 0.810. The number of aliphatic hydroxyl groups excluding tert-OH is 1. The fourth-order valence-electron chi connectivity index (χ4n) is 3.40. The van der Waals surface area contributed by atoms with Gasteiger partial charge >= 0.3 is 11.9 Å². The van der Waals surface area contributed by atoms with Crippen LogP contribution < -0.4 is 0 Å². The second-order valence-electron chi connectivity index (χ2n) is 7.71. The lowest BCUT2D eigenvalue weighted by Crippen LogP contribution is -2.36. The number of unbranched alkanes of at least 4 members (excludes halogenated alkanes) is 4. The monoisotopic (exact) mass is 403 g/mol. The molecule has 0 spiro atoms. The number of rotatable bonds is 13. The van der Waals surface area contributed by atoms with Crippen LogP contribution in [0.15, 0.2) is 12.2 Å². The van der Waals surface area contributed by atoms with Crippen LogP contribution in [0.25, 0.3) is 0 Å². The Bertz CT molecular complexity index is 525. The number of esters is 1. The predicted molar refractivity (Wildman–Crippen MR) is 104 cm³/mol. The summed E-state index contributed by atoms with van der Waals surface area (Å²) in [5.41, 5.74) is 0. The molecule has 1 fully saturated rings. The number of hydrogen-bond acceptors (Lipinski definition) is 4. The third kappa shape index (κ3) is 7.86. The zero-order valence-electron chi connectivity index (χ0n) is 17.3. The molecule has 28 heavy (non-hydrogen) atoms. The molecule has 162 valence electrons. The van der Waals surface area contributed by atoms with Crippen LogP contribution in [0.3, 0.4) is 0 Å². The molecular formula is C21H35F2NO4. The first-order valence-electron chi connectivity index (χ1n) is 10.3. The zero-order valence-corrected chi connectivity index (χ0v) is 17.3. The van der Waals surface area contributed by atoms with E-state index in [1.807, 2.05) is 6.92 Å². The molecule has 0 aromatic rings. The van der Waals surface area contributed by atoms with Gasteiger partial charge in [-0.25, -0.2) is 0 Å². The number of carbonyl (C=O) groups excluding carboxylic acids is 2. The van der Waals surface area contributed by atoms with Crippen molar-refractivity contribution in [1.29, 1.82) is 0 Å². The van der Waals surface area contributed by atoms with Crippen molar-refractivity contribution in [1.82, 2.24) is 4.90 Å². The number of halogens is 2. The molecule has 0 aliphatic carbocycles. The number of hydrogen-bond donors (Lipinski definition) is 1. The number of aliphatic hydroxyl groups is 1. The lowest BCUT2D eigenvalue weighted by molar-refractivity contribution is -0.148. The van der Waals surface area contributed by atoms with Gasteiger partial charge in [-0.1, -0.05) is 51.7 Å². The Morgan fingerprint density at radius 3 is 2.64 bits per heavy atom. The molecule has 7 heteroatoms. The normalized spacial score (nSPS) is 21.3. The van der Waals surface area contributed by atoms with Crippen LogP contribution in [-0.4, -0.2) is 53.6 Å². The van der Waals surface area contributed by atoms with Gasteiger partial charge in [-0.2, -0.15) is 8.78 Å². The predicted octanol–water partition coefficient (Wildman–Crippen LogP) is 4.09. The second kappa shape index (κ2) is 12.1. The standard InChI is InChI=1S/C21H35F2NO4/c1-4-5-10-16(2)18(25)13-12-17-15-21(22,23)20(27)24(17)14-9-7-6-8-11-19(26)28-3/h12-13,16-18,25H,4-11,14-15H2,1-3H3/t16-,17?,18+/m0/s1. The lowest BCUT2D eigenvalue weighted by atomic mass is 9.97. The summed E-state index contributed by atoms with van der Waals surface area (Å²) in [5.74, 6) is -4.69. The summed E-state index contributed by atoms with van der Waals surface area (Å²) in [7, 11) is 1.34. The van der Waals surface area contributed by atoms with Crippen molar-refractivity contribution in [2.75, 3.05) is 13.7 Å². The molecule has 3 atom stereocenters. The summed E-state index contributed by atoms with van der Waals surface area (Å²) in [6.45, 7) is 4.27. The molecule has 1 aliphatic heterocycles. The van der Waals surface area contributed by atoms with E-state index in [1.165, 1.54) is 12.0 Å². The van der Waals surface area contributed by atoms with Gasteiger partial charge in [0.25, 0.3) is 5.91 Å². The molecule has 1 unspecified atom stereocenters. The molecule has 0 aromatic carbocycles. The quantitative estimate of drug-likeness (QED) is 0.286.